The van der Waals surface area contributed by atoms with Crippen molar-refractivity contribution in [2.45, 2.75) is 32.5 Å². The number of imidazole rings is 1. The number of allylic oxidation sites excluding steroid dienone is 3. The molecule has 3 heterocycles. The van der Waals surface area contributed by atoms with Crippen molar-refractivity contribution in [3.8, 4) is 0 Å². The molecule has 0 N–H and O–H groups in total. The molecule has 1 fully saturated rings. The van der Waals surface area contributed by atoms with Crippen molar-refractivity contribution < 1.29 is 17.7 Å². The van der Waals surface area contributed by atoms with Crippen molar-refractivity contribution in [1.29, 1.82) is 0 Å². The number of thioether (sulfide) groups is 1. The molecule has 0 unspecified atom stereocenters. The average Bonchev–Trinajstić information content (AvgIpc) is 3.22. The Morgan fingerprint density at radius 1 is 1.22 bits per heavy atom. The molecule has 1 aromatic carbocycles. The van der Waals surface area contributed by atoms with Crippen LogP contribution in [-0.4, -0.2) is 28.3 Å². The molecular formula is C20H23F3N3S+. The fourth-order valence-corrected chi connectivity index (χ4v) is 5.11. The van der Waals surface area contributed by atoms with Gasteiger partial charge in [-0.05, 0) is 44.1 Å². The molecule has 4 rings (SSSR count). The summed E-state index contributed by atoms with van der Waals surface area (Å²) in [6.07, 6.45) is 1.94. The van der Waals surface area contributed by atoms with Crippen LogP contribution in [0.3, 0.4) is 0 Å². The molecule has 0 saturated carbocycles. The van der Waals surface area contributed by atoms with E-state index in [4.69, 9.17) is 0 Å². The highest BCUT2D eigenvalue weighted by Crippen LogP contribution is 2.34. The van der Waals surface area contributed by atoms with Gasteiger partial charge in [0.1, 0.15) is 0 Å². The van der Waals surface area contributed by atoms with E-state index in [-0.39, 0.29) is 0 Å². The van der Waals surface area contributed by atoms with Crippen LogP contribution in [0.15, 0.2) is 35.4 Å². The van der Waals surface area contributed by atoms with E-state index in [1.165, 1.54) is 22.7 Å². The molecular weight excluding hydrogens is 371 g/mol. The molecule has 1 aromatic heterocycles. The molecule has 0 spiro atoms. The fourth-order valence-electron chi connectivity index (χ4n) is 4.02. The van der Waals surface area contributed by atoms with E-state index in [9.17, 15) is 13.2 Å². The summed E-state index contributed by atoms with van der Waals surface area (Å²) in [6.45, 7) is 5.06. The summed E-state index contributed by atoms with van der Waals surface area (Å²) >= 11 is 1.86. The topological polar surface area (TPSA) is 12.1 Å². The second-order valence-electron chi connectivity index (χ2n) is 6.96. The number of halogens is 3. The molecule has 0 bridgehead atoms. The number of benzene rings is 1. The molecule has 3 nitrogen and oxygen atoms in total. The Labute approximate surface area is 161 Å². The number of nitrogens with zero attached hydrogens (tertiary/aromatic N) is 3. The highest BCUT2D eigenvalue weighted by Gasteiger charge is 2.34. The number of hydrogen-bond donors (Lipinski definition) is 0. The fraction of sp³-hybridized carbons (Fsp3) is 0.450. The third-order valence-corrected chi connectivity index (χ3v) is 6.45. The van der Waals surface area contributed by atoms with Crippen LogP contribution in [-0.2, 0) is 19.8 Å². The molecule has 2 aliphatic heterocycles. The van der Waals surface area contributed by atoms with E-state index in [0.717, 1.165) is 49.6 Å². The minimum Gasteiger partial charge on any atom is -0.366 e. The van der Waals surface area contributed by atoms with Crippen LogP contribution >= 0.6 is 11.8 Å². The molecule has 0 aliphatic carbocycles. The Morgan fingerprint density at radius 3 is 2.78 bits per heavy atom. The lowest BCUT2D eigenvalue weighted by atomic mass is 10.1. The molecule has 2 aliphatic rings. The quantitative estimate of drug-likeness (QED) is 0.692. The maximum Gasteiger partial charge on any atom is 0.416 e. The van der Waals surface area contributed by atoms with Gasteiger partial charge in [-0.2, -0.15) is 13.2 Å². The zero-order chi connectivity index (χ0) is 19.2. The van der Waals surface area contributed by atoms with Crippen molar-refractivity contribution in [3.05, 3.63) is 46.8 Å². The SMILES string of the molecule is CCN1CCSC1=CC=C1CCCn2c1[n+](C)c1cc(C(F)(F)F)ccc12. The van der Waals surface area contributed by atoms with E-state index in [1.54, 1.807) is 6.07 Å². The number of alkyl halides is 3. The Balaban J connectivity index is 1.80. The van der Waals surface area contributed by atoms with Crippen LogP contribution in [0, 0.1) is 0 Å². The van der Waals surface area contributed by atoms with Crippen molar-refractivity contribution in [3.63, 3.8) is 0 Å². The van der Waals surface area contributed by atoms with Gasteiger partial charge in [0, 0.05) is 30.5 Å². The van der Waals surface area contributed by atoms with Crippen LogP contribution < -0.4 is 4.57 Å². The number of aromatic nitrogens is 2. The van der Waals surface area contributed by atoms with Crippen molar-refractivity contribution in [1.82, 2.24) is 9.47 Å². The van der Waals surface area contributed by atoms with Gasteiger partial charge in [0.15, 0.2) is 11.0 Å². The summed E-state index contributed by atoms with van der Waals surface area (Å²) in [5.41, 5.74) is 2.08. The van der Waals surface area contributed by atoms with Crippen LogP contribution in [0.25, 0.3) is 16.6 Å². The van der Waals surface area contributed by atoms with Gasteiger partial charge in [-0.3, -0.25) is 0 Å². The average molecular weight is 394 g/mol. The molecule has 2 aromatic rings. The normalized spacial score (nSPS) is 20.9. The van der Waals surface area contributed by atoms with Crippen LogP contribution in [0.4, 0.5) is 13.2 Å². The van der Waals surface area contributed by atoms with Gasteiger partial charge >= 0.3 is 6.18 Å². The van der Waals surface area contributed by atoms with Gasteiger partial charge in [0.25, 0.3) is 5.82 Å². The van der Waals surface area contributed by atoms with Crippen LogP contribution in [0.5, 0.6) is 0 Å². The third kappa shape index (κ3) is 3.26. The predicted octanol–water partition coefficient (Wildman–Crippen LogP) is 4.57. The van der Waals surface area contributed by atoms with Gasteiger partial charge in [-0.15, -0.1) is 11.8 Å². The van der Waals surface area contributed by atoms with Crippen molar-refractivity contribution >= 4 is 28.4 Å². The molecule has 0 amide bonds. The highest BCUT2D eigenvalue weighted by molar-refractivity contribution is 8.03. The standard InChI is InChI=1S/C20H23F3N3S/c1-3-25-11-12-27-18(25)9-6-14-5-4-10-26-16-8-7-15(20(21,22)23)13-17(16)24(2)19(14)26/h6-9,13H,3-5,10-12H2,1-2H3/q+1. The first-order valence-electron chi connectivity index (χ1n) is 9.28. The molecule has 27 heavy (non-hydrogen) atoms. The van der Waals surface area contributed by atoms with Gasteiger partial charge in [0.2, 0.25) is 0 Å². The second kappa shape index (κ2) is 6.93. The summed E-state index contributed by atoms with van der Waals surface area (Å²) in [7, 11) is 1.86. The summed E-state index contributed by atoms with van der Waals surface area (Å²) in [5, 5.41) is 1.28. The third-order valence-electron chi connectivity index (χ3n) is 5.37. The van der Waals surface area contributed by atoms with Gasteiger partial charge in [-0.25, -0.2) is 9.13 Å². The number of aryl methyl sites for hydroxylation is 2. The molecule has 0 radical (unpaired) electrons. The zero-order valence-corrected chi connectivity index (χ0v) is 16.3. The van der Waals surface area contributed by atoms with E-state index in [2.05, 4.69) is 28.5 Å². The smallest absolute Gasteiger partial charge is 0.366 e. The minimum absolute atomic E-state index is 0.595. The first-order valence-corrected chi connectivity index (χ1v) is 10.3. The molecule has 0 atom stereocenters. The zero-order valence-electron chi connectivity index (χ0n) is 15.5. The highest BCUT2D eigenvalue weighted by atomic mass is 32.2. The number of rotatable bonds is 2. The van der Waals surface area contributed by atoms with E-state index >= 15 is 0 Å². The first-order chi connectivity index (χ1) is 12.9. The van der Waals surface area contributed by atoms with E-state index in [0.29, 0.717) is 5.52 Å². The molecule has 144 valence electrons. The van der Waals surface area contributed by atoms with Gasteiger partial charge < -0.3 is 4.90 Å². The Bertz CT molecular complexity index is 940. The van der Waals surface area contributed by atoms with Crippen LogP contribution in [0.1, 0.15) is 31.2 Å². The van der Waals surface area contributed by atoms with Crippen molar-refractivity contribution in [2.75, 3.05) is 18.8 Å². The Kier molecular flexibility index (Phi) is 4.74. The van der Waals surface area contributed by atoms with Crippen LogP contribution in [0.2, 0.25) is 0 Å². The molecule has 7 heteroatoms. The largest absolute Gasteiger partial charge is 0.416 e. The maximum absolute atomic E-state index is 13.1. The summed E-state index contributed by atoms with van der Waals surface area (Å²) in [5.74, 6) is 2.12. The number of fused-ring (bicyclic) bond motifs is 3. The minimum atomic E-state index is -4.32. The lowest BCUT2D eigenvalue weighted by Gasteiger charge is -2.16. The summed E-state index contributed by atoms with van der Waals surface area (Å²) < 4.78 is 43.5. The summed E-state index contributed by atoms with van der Waals surface area (Å²) in [4.78, 5) is 2.36. The first kappa shape index (κ1) is 18.5. The lowest BCUT2D eigenvalue weighted by Crippen LogP contribution is -2.34. The van der Waals surface area contributed by atoms with E-state index < -0.39 is 11.7 Å². The lowest BCUT2D eigenvalue weighted by molar-refractivity contribution is -0.648. The van der Waals surface area contributed by atoms with E-state index in [1.807, 2.05) is 23.4 Å². The van der Waals surface area contributed by atoms with Gasteiger partial charge in [-0.1, -0.05) is 0 Å². The van der Waals surface area contributed by atoms with Gasteiger partial charge in [0.05, 0.1) is 24.2 Å². The number of hydrogen-bond acceptors (Lipinski definition) is 2. The second-order valence-corrected chi connectivity index (χ2v) is 8.08. The Hall–Kier alpha value is -1.89. The maximum atomic E-state index is 13.1. The van der Waals surface area contributed by atoms with Crippen molar-refractivity contribution in [2.24, 2.45) is 7.05 Å². The monoisotopic (exact) mass is 394 g/mol. The summed E-state index contributed by atoms with van der Waals surface area (Å²) in [6, 6.07) is 4.06. The Morgan fingerprint density at radius 2 is 2.04 bits per heavy atom. The predicted molar refractivity (Wildman–Crippen MR) is 103 cm³/mol. The molecule has 1 saturated heterocycles.